The molecule has 0 bridgehead atoms. The molecule has 0 spiro atoms. The summed E-state index contributed by atoms with van der Waals surface area (Å²) >= 11 is 0. The van der Waals surface area contributed by atoms with Crippen LogP contribution in [0, 0.1) is 0 Å². The quantitative estimate of drug-likeness (QED) is 0.478. The highest BCUT2D eigenvalue weighted by molar-refractivity contribution is 6.01. The van der Waals surface area contributed by atoms with E-state index in [1.807, 2.05) is 84.9 Å². The average molecular weight is 383 g/mol. The number of ether oxygens (including phenoxy) is 1. The first-order valence-corrected chi connectivity index (χ1v) is 9.42. The molecule has 144 valence electrons. The van der Waals surface area contributed by atoms with Gasteiger partial charge >= 0.3 is 0 Å². The predicted molar refractivity (Wildman–Crippen MR) is 116 cm³/mol. The SMILES string of the molecule is O=C(CNc1ccc(OCc2ccccc2)cc1)Nc1cccc2cccnc12. The van der Waals surface area contributed by atoms with Gasteiger partial charge in [0.05, 0.1) is 17.7 Å². The second kappa shape index (κ2) is 8.89. The van der Waals surface area contributed by atoms with Crippen LogP contribution in [0.2, 0.25) is 0 Å². The Bertz CT molecular complexity index is 1090. The zero-order valence-corrected chi connectivity index (χ0v) is 15.8. The third-order valence-electron chi connectivity index (χ3n) is 4.46. The summed E-state index contributed by atoms with van der Waals surface area (Å²) in [5, 5.41) is 7.03. The Labute approximate surface area is 169 Å². The van der Waals surface area contributed by atoms with Crippen molar-refractivity contribution in [1.29, 1.82) is 0 Å². The Morgan fingerprint density at radius 3 is 2.48 bits per heavy atom. The van der Waals surface area contributed by atoms with Gasteiger partial charge in [-0.3, -0.25) is 9.78 Å². The van der Waals surface area contributed by atoms with Crippen LogP contribution < -0.4 is 15.4 Å². The summed E-state index contributed by atoms with van der Waals surface area (Å²) in [6, 6.07) is 27.2. The molecule has 0 aliphatic heterocycles. The molecule has 0 unspecified atom stereocenters. The van der Waals surface area contributed by atoms with Crippen molar-refractivity contribution >= 4 is 28.2 Å². The number of amides is 1. The van der Waals surface area contributed by atoms with Crippen LogP contribution in [0.4, 0.5) is 11.4 Å². The summed E-state index contributed by atoms with van der Waals surface area (Å²) in [6.45, 7) is 0.683. The van der Waals surface area contributed by atoms with Gasteiger partial charge in [-0.05, 0) is 42.0 Å². The van der Waals surface area contributed by atoms with E-state index in [-0.39, 0.29) is 12.5 Å². The molecule has 0 aliphatic rings. The van der Waals surface area contributed by atoms with Crippen molar-refractivity contribution in [3.05, 3.63) is 96.7 Å². The minimum Gasteiger partial charge on any atom is -0.489 e. The fourth-order valence-electron chi connectivity index (χ4n) is 2.99. The number of pyridine rings is 1. The number of hydrogen-bond acceptors (Lipinski definition) is 4. The molecule has 4 aromatic rings. The van der Waals surface area contributed by atoms with E-state index >= 15 is 0 Å². The molecule has 0 aliphatic carbocycles. The number of carbonyl (C=O) groups is 1. The Morgan fingerprint density at radius 1 is 0.862 bits per heavy atom. The van der Waals surface area contributed by atoms with Crippen molar-refractivity contribution < 1.29 is 9.53 Å². The topological polar surface area (TPSA) is 63.2 Å². The van der Waals surface area contributed by atoms with Gasteiger partial charge in [-0.2, -0.15) is 0 Å². The number of anilines is 2. The fourth-order valence-corrected chi connectivity index (χ4v) is 2.99. The number of para-hydroxylation sites is 1. The van der Waals surface area contributed by atoms with Gasteiger partial charge in [0.25, 0.3) is 0 Å². The van der Waals surface area contributed by atoms with Gasteiger partial charge in [-0.1, -0.05) is 48.5 Å². The standard InChI is InChI=1S/C24H21N3O2/c28-23(27-22-10-4-8-19-9-5-15-25-24(19)22)16-26-20-11-13-21(14-12-20)29-17-18-6-2-1-3-7-18/h1-15,26H,16-17H2,(H,27,28). The highest BCUT2D eigenvalue weighted by Crippen LogP contribution is 2.21. The zero-order valence-electron chi connectivity index (χ0n) is 15.8. The number of aromatic nitrogens is 1. The summed E-state index contributed by atoms with van der Waals surface area (Å²) in [5.74, 6) is 0.651. The number of hydrogen-bond donors (Lipinski definition) is 2. The van der Waals surface area contributed by atoms with Gasteiger partial charge < -0.3 is 15.4 Å². The maximum atomic E-state index is 12.3. The molecule has 1 heterocycles. The van der Waals surface area contributed by atoms with Gasteiger partial charge in [0.1, 0.15) is 12.4 Å². The van der Waals surface area contributed by atoms with Crippen molar-refractivity contribution in [2.45, 2.75) is 6.61 Å². The van der Waals surface area contributed by atoms with E-state index in [1.54, 1.807) is 6.20 Å². The lowest BCUT2D eigenvalue weighted by molar-refractivity contribution is -0.114. The lowest BCUT2D eigenvalue weighted by Crippen LogP contribution is -2.21. The summed E-state index contributed by atoms with van der Waals surface area (Å²) in [6.07, 6.45) is 1.72. The molecule has 2 N–H and O–H groups in total. The lowest BCUT2D eigenvalue weighted by Gasteiger charge is -2.10. The molecule has 0 saturated heterocycles. The van der Waals surface area contributed by atoms with E-state index in [4.69, 9.17) is 4.74 Å². The smallest absolute Gasteiger partial charge is 0.243 e. The molecular weight excluding hydrogens is 362 g/mol. The van der Waals surface area contributed by atoms with Gasteiger partial charge in [0.2, 0.25) is 5.91 Å². The Hall–Kier alpha value is -3.86. The molecule has 5 heteroatoms. The van der Waals surface area contributed by atoms with Crippen LogP contribution in [-0.4, -0.2) is 17.4 Å². The minimum atomic E-state index is -0.132. The molecule has 3 aromatic carbocycles. The summed E-state index contributed by atoms with van der Waals surface area (Å²) in [7, 11) is 0. The van der Waals surface area contributed by atoms with Gasteiger partial charge in [-0.25, -0.2) is 0 Å². The number of rotatable bonds is 7. The first kappa shape index (κ1) is 18.5. The molecule has 0 saturated carbocycles. The average Bonchev–Trinajstić information content (AvgIpc) is 2.78. The van der Waals surface area contributed by atoms with Crippen molar-refractivity contribution in [3.63, 3.8) is 0 Å². The summed E-state index contributed by atoms with van der Waals surface area (Å²) in [4.78, 5) is 16.7. The predicted octanol–water partition coefficient (Wildman–Crippen LogP) is 4.86. The lowest BCUT2D eigenvalue weighted by atomic mass is 10.2. The van der Waals surface area contributed by atoms with Gasteiger partial charge in [-0.15, -0.1) is 0 Å². The van der Waals surface area contributed by atoms with E-state index in [0.717, 1.165) is 27.9 Å². The van der Waals surface area contributed by atoms with Crippen LogP contribution in [0.1, 0.15) is 5.56 Å². The number of nitrogens with zero attached hydrogens (tertiary/aromatic N) is 1. The number of fused-ring (bicyclic) bond motifs is 1. The second-order valence-corrected chi connectivity index (χ2v) is 6.58. The maximum Gasteiger partial charge on any atom is 0.243 e. The third kappa shape index (κ3) is 4.90. The van der Waals surface area contributed by atoms with E-state index in [1.165, 1.54) is 0 Å². The maximum absolute atomic E-state index is 12.3. The first-order chi connectivity index (χ1) is 14.3. The number of nitrogens with one attached hydrogen (secondary N) is 2. The van der Waals surface area contributed by atoms with Crippen LogP contribution in [0.3, 0.4) is 0 Å². The summed E-state index contributed by atoms with van der Waals surface area (Å²) in [5.41, 5.74) is 3.46. The Morgan fingerprint density at radius 2 is 1.66 bits per heavy atom. The summed E-state index contributed by atoms with van der Waals surface area (Å²) < 4.78 is 5.78. The van der Waals surface area contributed by atoms with Gasteiger partial charge in [0.15, 0.2) is 0 Å². The van der Waals surface area contributed by atoms with E-state index in [2.05, 4.69) is 15.6 Å². The van der Waals surface area contributed by atoms with Crippen molar-refractivity contribution in [2.24, 2.45) is 0 Å². The van der Waals surface area contributed by atoms with Gasteiger partial charge in [0, 0.05) is 17.3 Å². The largest absolute Gasteiger partial charge is 0.489 e. The van der Waals surface area contributed by atoms with Crippen LogP contribution in [0.25, 0.3) is 10.9 Å². The zero-order chi connectivity index (χ0) is 19.9. The van der Waals surface area contributed by atoms with Crippen molar-refractivity contribution in [2.75, 3.05) is 17.2 Å². The van der Waals surface area contributed by atoms with E-state index in [9.17, 15) is 4.79 Å². The molecule has 1 amide bonds. The fraction of sp³-hybridized carbons (Fsp3) is 0.0833. The molecule has 5 nitrogen and oxygen atoms in total. The Kier molecular flexibility index (Phi) is 5.67. The highest BCUT2D eigenvalue weighted by atomic mass is 16.5. The number of carbonyl (C=O) groups excluding carboxylic acids is 1. The second-order valence-electron chi connectivity index (χ2n) is 6.58. The molecule has 4 rings (SSSR count). The van der Waals surface area contributed by atoms with Crippen LogP contribution in [-0.2, 0) is 11.4 Å². The van der Waals surface area contributed by atoms with Crippen LogP contribution in [0.15, 0.2) is 91.1 Å². The van der Waals surface area contributed by atoms with Crippen LogP contribution in [0.5, 0.6) is 5.75 Å². The Balaban J connectivity index is 1.30. The third-order valence-corrected chi connectivity index (χ3v) is 4.46. The van der Waals surface area contributed by atoms with E-state index < -0.39 is 0 Å². The van der Waals surface area contributed by atoms with Crippen molar-refractivity contribution in [1.82, 2.24) is 4.98 Å². The molecule has 29 heavy (non-hydrogen) atoms. The van der Waals surface area contributed by atoms with Crippen LogP contribution >= 0.6 is 0 Å². The van der Waals surface area contributed by atoms with Crippen molar-refractivity contribution in [3.8, 4) is 5.75 Å². The first-order valence-electron chi connectivity index (χ1n) is 9.42. The molecule has 0 atom stereocenters. The number of benzene rings is 3. The molecule has 0 radical (unpaired) electrons. The monoisotopic (exact) mass is 383 g/mol. The molecule has 1 aromatic heterocycles. The molecular formula is C24H21N3O2. The molecule has 0 fully saturated rings. The minimum absolute atomic E-state index is 0.132. The highest BCUT2D eigenvalue weighted by Gasteiger charge is 2.06. The normalized spacial score (nSPS) is 10.5. The van der Waals surface area contributed by atoms with E-state index in [0.29, 0.717) is 12.3 Å².